The lowest BCUT2D eigenvalue weighted by atomic mass is 9.43. The Morgan fingerprint density at radius 3 is 2.54 bits per heavy atom. The molecule has 2 aliphatic heterocycles. The third-order valence-electron chi connectivity index (χ3n) is 10.3. The van der Waals surface area contributed by atoms with Crippen LogP contribution in [0.4, 0.5) is 4.39 Å². The van der Waals surface area contributed by atoms with E-state index in [1.807, 2.05) is 24.3 Å². The molecule has 5 fully saturated rings. The fourth-order valence-corrected chi connectivity index (χ4v) is 10.6. The van der Waals surface area contributed by atoms with Gasteiger partial charge in [0.1, 0.15) is 11.9 Å². The van der Waals surface area contributed by atoms with Gasteiger partial charge < -0.3 is 10.2 Å². The number of carbonyl (C=O) groups excluding carboxylic acids is 3. The van der Waals surface area contributed by atoms with Crippen LogP contribution in [0.3, 0.4) is 0 Å². The van der Waals surface area contributed by atoms with Crippen LogP contribution < -0.4 is 10.6 Å². The molecule has 3 atom stereocenters. The quantitative estimate of drug-likeness (QED) is 0.326. The number of thioether (sulfide) groups is 1. The zero-order valence-corrected chi connectivity index (χ0v) is 24.7. The van der Waals surface area contributed by atoms with Gasteiger partial charge in [0.25, 0.3) is 5.91 Å². The van der Waals surface area contributed by atoms with Gasteiger partial charge in [-0.25, -0.2) is 4.39 Å². The predicted octanol–water partition coefficient (Wildman–Crippen LogP) is 5.72. The predicted molar refractivity (Wildman–Crippen MR) is 155 cm³/mol. The summed E-state index contributed by atoms with van der Waals surface area (Å²) in [5, 5.41) is 6.20. The van der Waals surface area contributed by atoms with Gasteiger partial charge in [0.15, 0.2) is 0 Å². The van der Waals surface area contributed by atoms with Gasteiger partial charge in [-0.3, -0.25) is 19.7 Å². The number of nitrogens with one attached hydrogen (secondary N) is 2. The summed E-state index contributed by atoms with van der Waals surface area (Å²) in [5.41, 5.74) is 4.08. The summed E-state index contributed by atoms with van der Waals surface area (Å²) in [4.78, 5) is 39.6. The van der Waals surface area contributed by atoms with E-state index in [0.29, 0.717) is 41.7 Å². The number of rotatable bonds is 7. The van der Waals surface area contributed by atoms with Crippen LogP contribution in [0.25, 0.3) is 0 Å². The van der Waals surface area contributed by atoms with Crippen LogP contribution in [0.1, 0.15) is 92.3 Å². The Bertz CT molecular complexity index is 1440. The van der Waals surface area contributed by atoms with Crippen LogP contribution in [0.5, 0.6) is 0 Å². The molecule has 4 saturated carbocycles. The van der Waals surface area contributed by atoms with Crippen molar-refractivity contribution in [3.8, 4) is 0 Å². The molecule has 2 aromatic rings. The number of halogens is 1. The Hall–Kier alpha value is -2.71. The third-order valence-corrected chi connectivity index (χ3v) is 11.5. The van der Waals surface area contributed by atoms with Crippen LogP contribution in [0.2, 0.25) is 0 Å². The van der Waals surface area contributed by atoms with Gasteiger partial charge in [0, 0.05) is 46.8 Å². The zero-order chi connectivity index (χ0) is 28.6. The van der Waals surface area contributed by atoms with Gasteiger partial charge in [0.05, 0.1) is 0 Å². The fraction of sp³-hybridized carbons (Fsp3) is 0.545. The van der Waals surface area contributed by atoms with E-state index >= 15 is 4.39 Å². The van der Waals surface area contributed by atoms with Gasteiger partial charge >= 0.3 is 0 Å². The first-order valence-electron chi connectivity index (χ1n) is 14.9. The molecule has 8 heteroatoms. The van der Waals surface area contributed by atoms with Crippen LogP contribution in [-0.2, 0) is 28.4 Å². The minimum Gasteiger partial charge on any atom is -0.322 e. The Labute approximate surface area is 245 Å². The van der Waals surface area contributed by atoms with Gasteiger partial charge in [-0.1, -0.05) is 32.0 Å². The second-order valence-electron chi connectivity index (χ2n) is 14.2. The van der Waals surface area contributed by atoms with E-state index in [2.05, 4.69) is 24.5 Å². The number of carbonyl (C=O) groups is 3. The molecule has 3 amide bonds. The molecule has 2 N–H and O–H groups in total. The normalized spacial score (nSPS) is 33.8. The van der Waals surface area contributed by atoms with Crippen LogP contribution in [-0.4, -0.2) is 34.2 Å². The topological polar surface area (TPSA) is 78.5 Å². The molecule has 1 saturated heterocycles. The van der Waals surface area contributed by atoms with Gasteiger partial charge in [-0.15, -0.1) is 11.8 Å². The van der Waals surface area contributed by atoms with Gasteiger partial charge in [-0.2, -0.15) is 0 Å². The average molecular weight is 576 g/mol. The maximum atomic E-state index is 15.3. The Morgan fingerprint density at radius 2 is 1.83 bits per heavy atom. The molecule has 41 heavy (non-hydrogen) atoms. The van der Waals surface area contributed by atoms with Crippen molar-refractivity contribution in [1.82, 2.24) is 15.5 Å². The Balaban J connectivity index is 1.00. The number of amides is 3. The maximum Gasteiger partial charge on any atom is 0.255 e. The summed E-state index contributed by atoms with van der Waals surface area (Å²) >= 11 is 1.58. The molecule has 4 aliphatic carbocycles. The van der Waals surface area contributed by atoms with Crippen LogP contribution in [0.15, 0.2) is 41.3 Å². The highest BCUT2D eigenvalue weighted by Gasteiger charge is 2.59. The minimum absolute atomic E-state index is 0.136. The van der Waals surface area contributed by atoms with E-state index in [1.54, 1.807) is 28.8 Å². The second-order valence-corrected chi connectivity index (χ2v) is 15.2. The summed E-state index contributed by atoms with van der Waals surface area (Å²) in [6.07, 6.45) is 8.22. The molecule has 216 valence electrons. The van der Waals surface area contributed by atoms with Crippen molar-refractivity contribution >= 4 is 29.5 Å². The molecule has 6 aliphatic rings. The fourth-order valence-electron chi connectivity index (χ4n) is 9.61. The highest BCUT2D eigenvalue weighted by molar-refractivity contribution is 7.98. The van der Waals surface area contributed by atoms with E-state index in [0.717, 1.165) is 27.5 Å². The smallest absolute Gasteiger partial charge is 0.255 e. The molecule has 2 aromatic carbocycles. The van der Waals surface area contributed by atoms with Crippen LogP contribution >= 0.6 is 11.8 Å². The number of hydrogen-bond acceptors (Lipinski definition) is 5. The number of benzene rings is 2. The average Bonchev–Trinajstić information content (AvgIpc) is 3.21. The molecule has 0 spiro atoms. The van der Waals surface area contributed by atoms with E-state index < -0.39 is 11.9 Å². The van der Waals surface area contributed by atoms with Gasteiger partial charge in [-0.05, 0) is 91.0 Å². The number of hydrogen-bond donors (Lipinski definition) is 2. The molecular formula is C33H38FN3O3S. The molecular weight excluding hydrogens is 537 g/mol. The summed E-state index contributed by atoms with van der Waals surface area (Å²) in [7, 11) is 0. The summed E-state index contributed by atoms with van der Waals surface area (Å²) < 4.78 is 15.3. The first-order valence-corrected chi connectivity index (χ1v) is 15.9. The minimum atomic E-state index is -0.634. The monoisotopic (exact) mass is 575 g/mol. The zero-order valence-electron chi connectivity index (χ0n) is 23.9. The lowest BCUT2D eigenvalue weighted by Gasteiger charge is -2.65. The summed E-state index contributed by atoms with van der Waals surface area (Å²) in [6.45, 7) is 5.82. The Kier molecular flexibility index (Phi) is 6.40. The van der Waals surface area contributed by atoms with Gasteiger partial charge in [0.2, 0.25) is 11.8 Å². The number of piperidine rings is 1. The molecule has 0 aromatic heterocycles. The molecule has 8 rings (SSSR count). The largest absolute Gasteiger partial charge is 0.322 e. The number of nitrogens with zero attached hydrogens (tertiary/aromatic N) is 1. The lowest BCUT2D eigenvalue weighted by molar-refractivity contribution is -0.136. The van der Waals surface area contributed by atoms with E-state index in [-0.39, 0.29) is 29.6 Å². The SMILES string of the molecule is CC12CC3CC(C)(C1)CC(NCc1ccc(CSc4cccc5c4CN(C4CCC(=O)NC4=O)C5=O)cc1F)(C3)C2. The number of imide groups is 1. The van der Waals surface area contributed by atoms with Crippen molar-refractivity contribution in [2.24, 2.45) is 16.7 Å². The van der Waals surface area contributed by atoms with Crippen molar-refractivity contribution in [2.75, 3.05) is 0 Å². The second kappa shape index (κ2) is 9.66. The third kappa shape index (κ3) is 4.91. The summed E-state index contributed by atoms with van der Waals surface area (Å²) in [6, 6.07) is 10.6. The van der Waals surface area contributed by atoms with Crippen molar-refractivity contribution in [3.05, 3.63) is 64.5 Å². The lowest BCUT2D eigenvalue weighted by Crippen LogP contribution is -2.63. The molecule has 4 bridgehead atoms. The first kappa shape index (κ1) is 27.1. The Morgan fingerprint density at radius 1 is 1.05 bits per heavy atom. The van der Waals surface area contributed by atoms with Crippen LogP contribution in [0, 0.1) is 22.6 Å². The van der Waals surface area contributed by atoms with Crippen molar-refractivity contribution in [1.29, 1.82) is 0 Å². The van der Waals surface area contributed by atoms with Crippen molar-refractivity contribution in [3.63, 3.8) is 0 Å². The molecule has 6 nitrogen and oxygen atoms in total. The maximum absolute atomic E-state index is 15.3. The van der Waals surface area contributed by atoms with Crippen molar-refractivity contribution < 1.29 is 18.8 Å². The molecule has 2 heterocycles. The standard InChI is InChI=1S/C33H38FN3O3S/c1-31-11-21-12-32(2,17-31)19-33(13-21,18-31)35-14-22-7-6-20(10-25(22)34)16-41-27-5-3-4-23-24(27)15-37(30(23)40)26-8-9-28(38)36-29(26)39/h3-7,10,21,26,35H,8-9,11-19H2,1-2H3,(H,36,38,39). The molecule has 3 unspecified atom stereocenters. The first-order chi connectivity index (χ1) is 19.5. The summed E-state index contributed by atoms with van der Waals surface area (Å²) in [5.74, 6) is 0.321. The highest BCUT2D eigenvalue weighted by Crippen LogP contribution is 2.66. The highest BCUT2D eigenvalue weighted by atomic mass is 32.2. The van der Waals surface area contributed by atoms with Crippen molar-refractivity contribution in [2.45, 2.75) is 101 Å². The van der Waals surface area contributed by atoms with E-state index in [1.165, 1.54) is 38.5 Å². The van der Waals surface area contributed by atoms with E-state index in [9.17, 15) is 14.4 Å². The van der Waals surface area contributed by atoms with E-state index in [4.69, 9.17) is 0 Å². The molecule has 0 radical (unpaired) electrons. The number of fused-ring (bicyclic) bond motifs is 1.